The predicted octanol–water partition coefficient (Wildman–Crippen LogP) is 5.81. The van der Waals surface area contributed by atoms with E-state index in [1.807, 2.05) is 31.5 Å². The first-order chi connectivity index (χ1) is 19.4. The molecule has 40 heavy (non-hydrogen) atoms. The number of fused-ring (bicyclic) bond motifs is 1. The number of aryl methyl sites for hydroxylation is 1. The van der Waals surface area contributed by atoms with Crippen LogP contribution in [0.5, 0.6) is 5.75 Å². The maximum Gasteiger partial charge on any atom is 0.229 e. The first-order valence-corrected chi connectivity index (χ1v) is 14.2. The number of nitrogens with zero attached hydrogens (tertiary/aromatic N) is 6. The Morgan fingerprint density at radius 1 is 1.02 bits per heavy atom. The molecule has 0 saturated heterocycles. The second-order valence-electron chi connectivity index (χ2n) is 9.31. The minimum atomic E-state index is 0.433. The maximum atomic E-state index is 5.73. The van der Waals surface area contributed by atoms with Gasteiger partial charge in [-0.2, -0.15) is 4.98 Å². The first kappa shape index (κ1) is 28.9. The number of anilines is 6. The zero-order chi connectivity index (χ0) is 28.6. The molecule has 4 rings (SSSR count). The van der Waals surface area contributed by atoms with E-state index in [4.69, 9.17) is 9.72 Å². The van der Waals surface area contributed by atoms with Crippen LogP contribution in [0.15, 0.2) is 49.4 Å². The summed E-state index contributed by atoms with van der Waals surface area (Å²) in [4.78, 5) is 20.6. The molecule has 2 aromatic carbocycles. The van der Waals surface area contributed by atoms with Crippen molar-refractivity contribution < 1.29 is 4.74 Å². The molecule has 2 heterocycles. The van der Waals surface area contributed by atoms with Crippen LogP contribution in [0, 0.1) is 0 Å². The SMILES string of the molecule is C=Cc1cnc(Nc2cc(CC)c(NCCN(C)C)cc2OC)nc1Nc1ccc2nccnc2c1N(C)SC. The van der Waals surface area contributed by atoms with Crippen LogP contribution in [0.1, 0.15) is 18.1 Å². The lowest BCUT2D eigenvalue weighted by Gasteiger charge is -2.22. The number of likely N-dealkylation sites (N-methyl/N-ethyl adjacent to an activating group) is 1. The van der Waals surface area contributed by atoms with E-state index in [0.717, 1.165) is 58.9 Å². The van der Waals surface area contributed by atoms with Crippen molar-refractivity contribution in [2.75, 3.05) is 67.9 Å². The quantitative estimate of drug-likeness (QED) is 0.173. The number of hydrogen-bond donors (Lipinski definition) is 3. The maximum absolute atomic E-state index is 5.73. The van der Waals surface area contributed by atoms with Gasteiger partial charge in [0.25, 0.3) is 0 Å². The third-order valence-corrected chi connectivity index (χ3v) is 7.15. The number of ether oxygens (including phenoxy) is 1. The zero-order valence-electron chi connectivity index (χ0n) is 23.9. The third kappa shape index (κ3) is 6.54. The fraction of sp³-hybridized carbons (Fsp3) is 0.310. The van der Waals surface area contributed by atoms with Crippen molar-refractivity contribution in [1.29, 1.82) is 0 Å². The molecule has 0 aliphatic rings. The summed E-state index contributed by atoms with van der Waals surface area (Å²) in [6.07, 6.45) is 9.75. The average molecular weight is 560 g/mol. The monoisotopic (exact) mass is 559 g/mol. The number of aromatic nitrogens is 4. The molecule has 0 amide bonds. The molecule has 0 saturated carbocycles. The van der Waals surface area contributed by atoms with Crippen molar-refractivity contribution in [3.8, 4) is 5.75 Å². The van der Waals surface area contributed by atoms with Crippen molar-refractivity contribution in [2.45, 2.75) is 13.3 Å². The molecule has 0 aliphatic carbocycles. The lowest BCUT2D eigenvalue weighted by Crippen LogP contribution is -2.21. The minimum Gasteiger partial charge on any atom is -0.494 e. The zero-order valence-corrected chi connectivity index (χ0v) is 24.8. The second-order valence-corrected chi connectivity index (χ2v) is 10.2. The van der Waals surface area contributed by atoms with Crippen molar-refractivity contribution >= 4 is 63.6 Å². The smallest absolute Gasteiger partial charge is 0.229 e. The molecular weight excluding hydrogens is 522 g/mol. The summed E-state index contributed by atoms with van der Waals surface area (Å²) in [7, 11) is 7.79. The molecule has 4 aromatic rings. The van der Waals surface area contributed by atoms with Crippen LogP contribution < -0.4 is 25.0 Å². The van der Waals surface area contributed by atoms with Gasteiger partial charge in [-0.1, -0.05) is 31.5 Å². The molecule has 0 bridgehead atoms. The Morgan fingerprint density at radius 3 is 2.52 bits per heavy atom. The number of methoxy groups -OCH3 is 1. The lowest BCUT2D eigenvalue weighted by molar-refractivity contribution is 0.416. The highest BCUT2D eigenvalue weighted by atomic mass is 32.2. The molecular formula is C29H37N9OS. The van der Waals surface area contributed by atoms with E-state index in [-0.39, 0.29) is 0 Å². The van der Waals surface area contributed by atoms with Gasteiger partial charge < -0.3 is 29.9 Å². The van der Waals surface area contributed by atoms with Crippen LogP contribution in [0.2, 0.25) is 0 Å². The molecule has 0 atom stereocenters. The fourth-order valence-corrected chi connectivity index (χ4v) is 4.61. The summed E-state index contributed by atoms with van der Waals surface area (Å²) in [6, 6.07) is 8.04. The van der Waals surface area contributed by atoms with Crippen molar-refractivity contribution in [3.05, 3.63) is 60.6 Å². The number of rotatable bonds is 13. The highest BCUT2D eigenvalue weighted by Gasteiger charge is 2.17. The first-order valence-electron chi connectivity index (χ1n) is 13.0. The Bertz CT molecular complexity index is 1480. The Balaban J connectivity index is 1.68. The highest BCUT2D eigenvalue weighted by molar-refractivity contribution is 7.99. The molecule has 210 valence electrons. The van der Waals surface area contributed by atoms with Gasteiger partial charge in [0.05, 0.1) is 29.7 Å². The summed E-state index contributed by atoms with van der Waals surface area (Å²) in [5, 5.41) is 10.4. The number of benzene rings is 2. The van der Waals surface area contributed by atoms with Crippen LogP contribution in [0.3, 0.4) is 0 Å². The van der Waals surface area contributed by atoms with E-state index in [1.165, 1.54) is 5.56 Å². The van der Waals surface area contributed by atoms with Crippen LogP contribution in [0.4, 0.5) is 34.5 Å². The molecule has 3 N–H and O–H groups in total. The molecule has 0 fully saturated rings. The normalized spacial score (nSPS) is 11.0. The molecule has 0 spiro atoms. The van der Waals surface area contributed by atoms with Gasteiger partial charge in [0.2, 0.25) is 5.95 Å². The molecule has 0 radical (unpaired) electrons. The van der Waals surface area contributed by atoms with Crippen molar-refractivity contribution in [3.63, 3.8) is 0 Å². The van der Waals surface area contributed by atoms with E-state index >= 15 is 0 Å². The van der Waals surface area contributed by atoms with E-state index in [2.05, 4.69) is 73.8 Å². The van der Waals surface area contributed by atoms with Gasteiger partial charge in [0.1, 0.15) is 17.1 Å². The van der Waals surface area contributed by atoms with Gasteiger partial charge in [0.15, 0.2) is 0 Å². The summed E-state index contributed by atoms with van der Waals surface area (Å²) in [5.74, 6) is 1.75. The fourth-order valence-electron chi connectivity index (χ4n) is 4.24. The van der Waals surface area contributed by atoms with Gasteiger partial charge in [-0.25, -0.2) is 4.98 Å². The average Bonchev–Trinajstić information content (AvgIpc) is 2.97. The van der Waals surface area contributed by atoms with Gasteiger partial charge in [0, 0.05) is 62.3 Å². The van der Waals surface area contributed by atoms with E-state index < -0.39 is 0 Å². The van der Waals surface area contributed by atoms with Gasteiger partial charge in [-0.15, -0.1) is 0 Å². The number of hydrogen-bond acceptors (Lipinski definition) is 11. The molecule has 10 nitrogen and oxygen atoms in total. The van der Waals surface area contributed by atoms with Crippen LogP contribution in [-0.2, 0) is 6.42 Å². The van der Waals surface area contributed by atoms with Gasteiger partial charge in [-0.05, 0) is 44.3 Å². The summed E-state index contributed by atoms with van der Waals surface area (Å²) in [6.45, 7) is 7.87. The topological polar surface area (TPSA) is 103 Å². The molecule has 11 heteroatoms. The van der Waals surface area contributed by atoms with E-state index in [0.29, 0.717) is 17.5 Å². The Kier molecular flexibility index (Phi) is 9.62. The molecule has 2 aromatic heterocycles. The Hall–Kier alpha value is -4.09. The number of nitrogens with one attached hydrogen (secondary N) is 3. The highest BCUT2D eigenvalue weighted by Crippen LogP contribution is 2.37. The largest absolute Gasteiger partial charge is 0.494 e. The predicted molar refractivity (Wildman–Crippen MR) is 170 cm³/mol. The summed E-state index contributed by atoms with van der Waals surface area (Å²) >= 11 is 1.59. The molecule has 0 unspecified atom stereocenters. The van der Waals surface area contributed by atoms with Crippen LogP contribution in [0.25, 0.3) is 17.1 Å². The van der Waals surface area contributed by atoms with Crippen LogP contribution in [-0.4, -0.2) is 72.4 Å². The Morgan fingerprint density at radius 2 is 1.82 bits per heavy atom. The van der Waals surface area contributed by atoms with Crippen molar-refractivity contribution in [1.82, 2.24) is 24.8 Å². The summed E-state index contributed by atoms with van der Waals surface area (Å²) in [5.41, 5.74) is 7.16. The van der Waals surface area contributed by atoms with E-state index in [1.54, 1.807) is 43.7 Å². The lowest BCUT2D eigenvalue weighted by atomic mass is 10.1. The second kappa shape index (κ2) is 13.3. The molecule has 0 aliphatic heterocycles. The summed E-state index contributed by atoms with van der Waals surface area (Å²) < 4.78 is 7.78. The third-order valence-electron chi connectivity index (χ3n) is 6.42. The minimum absolute atomic E-state index is 0.433. The van der Waals surface area contributed by atoms with E-state index in [9.17, 15) is 0 Å². The Labute approximate surface area is 240 Å². The van der Waals surface area contributed by atoms with Crippen molar-refractivity contribution in [2.24, 2.45) is 0 Å². The van der Waals surface area contributed by atoms with Gasteiger partial charge >= 0.3 is 0 Å². The standard InChI is InChI=1S/C29H37N9OS/c1-8-19-16-24(25(39-6)17-23(19)31-14-15-37(3)4)35-29-33-18-20(9-2)28(36-29)34-22-11-10-21-26(32-13-12-30-21)27(22)38(5)40-7/h9-13,16-18,31H,2,8,14-15H2,1,3-7H3,(H2,33,34,35,36). The van der Waals surface area contributed by atoms with Gasteiger partial charge in [-0.3, -0.25) is 9.97 Å². The van der Waals surface area contributed by atoms with Crippen LogP contribution >= 0.6 is 11.9 Å².